The highest BCUT2D eigenvalue weighted by Gasteiger charge is 2.17. The number of ether oxygens (including phenoxy) is 1. The quantitative estimate of drug-likeness (QED) is 0.497. The minimum atomic E-state index is -0.619. The van der Waals surface area contributed by atoms with Gasteiger partial charge < -0.3 is 18.2 Å². The molecule has 3 aromatic heterocycles. The van der Waals surface area contributed by atoms with Crippen LogP contribution in [0, 0.1) is 6.92 Å². The van der Waals surface area contributed by atoms with E-state index in [9.17, 15) is 4.79 Å². The van der Waals surface area contributed by atoms with E-state index in [0.29, 0.717) is 23.0 Å². The molecule has 0 saturated carbocycles. The first kappa shape index (κ1) is 15.9. The molecule has 0 spiro atoms. The predicted molar refractivity (Wildman–Crippen MR) is 90.0 cm³/mol. The molecular weight excluding hydrogens is 336 g/mol. The molecule has 0 bridgehead atoms. The summed E-state index contributed by atoms with van der Waals surface area (Å²) in [5.41, 5.74) is 2.62. The summed E-state index contributed by atoms with van der Waals surface area (Å²) < 4.78 is 20.8. The maximum atomic E-state index is 12.1. The van der Waals surface area contributed by atoms with Gasteiger partial charge in [0.1, 0.15) is 12.3 Å². The van der Waals surface area contributed by atoms with Gasteiger partial charge in [0.25, 0.3) is 0 Å². The predicted octanol–water partition coefficient (Wildman–Crippen LogP) is 4.26. The topological polar surface area (TPSA) is 91.5 Å². The Labute approximate surface area is 148 Å². The lowest BCUT2D eigenvalue weighted by atomic mass is 10.1. The summed E-state index contributed by atoms with van der Waals surface area (Å²) in [6.45, 7) is 1.98. The average Bonchev–Trinajstić information content (AvgIpc) is 3.41. The number of hydrogen-bond donors (Lipinski definition) is 0. The van der Waals surface area contributed by atoms with Gasteiger partial charge in [0.2, 0.25) is 5.76 Å². The maximum absolute atomic E-state index is 12.1. The van der Waals surface area contributed by atoms with Gasteiger partial charge in [-0.3, -0.25) is 0 Å². The van der Waals surface area contributed by atoms with Crippen molar-refractivity contribution >= 4 is 5.97 Å². The number of hydrogen-bond acceptors (Lipinski definition) is 7. The van der Waals surface area contributed by atoms with Crippen LogP contribution in [0.3, 0.4) is 0 Å². The third-order valence-electron chi connectivity index (χ3n) is 3.73. The number of rotatable bonds is 5. The van der Waals surface area contributed by atoms with Crippen molar-refractivity contribution in [3.05, 3.63) is 71.7 Å². The summed E-state index contributed by atoms with van der Waals surface area (Å²) in [5, 5.41) is 7.61. The Morgan fingerprint density at radius 1 is 1.00 bits per heavy atom. The Kier molecular flexibility index (Phi) is 4.10. The summed E-state index contributed by atoms with van der Waals surface area (Å²) in [4.78, 5) is 12.1. The largest absolute Gasteiger partial charge is 0.461 e. The second-order valence-corrected chi connectivity index (χ2v) is 5.68. The van der Waals surface area contributed by atoms with Crippen molar-refractivity contribution in [1.82, 2.24) is 10.3 Å². The molecule has 0 aliphatic carbocycles. The summed E-state index contributed by atoms with van der Waals surface area (Å²) in [6, 6.07) is 14.5. The summed E-state index contributed by atoms with van der Waals surface area (Å²) in [5.74, 6) is 0.824. The van der Waals surface area contributed by atoms with Gasteiger partial charge in [-0.05, 0) is 19.1 Å². The van der Waals surface area contributed by atoms with Gasteiger partial charge in [-0.25, -0.2) is 4.79 Å². The number of carbonyl (C=O) groups excluding carboxylic acids is 1. The van der Waals surface area contributed by atoms with Gasteiger partial charge in [0, 0.05) is 17.7 Å². The third kappa shape index (κ3) is 3.27. The van der Waals surface area contributed by atoms with E-state index in [1.165, 1.54) is 12.3 Å². The van der Waals surface area contributed by atoms with Crippen LogP contribution in [0.1, 0.15) is 21.7 Å². The second kappa shape index (κ2) is 6.72. The molecule has 0 unspecified atom stereocenters. The van der Waals surface area contributed by atoms with Crippen molar-refractivity contribution in [3.8, 4) is 22.8 Å². The van der Waals surface area contributed by atoms with Gasteiger partial charge in [0.15, 0.2) is 17.2 Å². The highest BCUT2D eigenvalue weighted by Crippen LogP contribution is 2.22. The van der Waals surface area contributed by atoms with Crippen LogP contribution in [0.5, 0.6) is 0 Å². The first-order valence-corrected chi connectivity index (χ1v) is 7.89. The van der Waals surface area contributed by atoms with Gasteiger partial charge in [-0.1, -0.05) is 40.1 Å². The molecule has 0 amide bonds. The van der Waals surface area contributed by atoms with Crippen molar-refractivity contribution < 1.29 is 23.0 Å². The third-order valence-corrected chi connectivity index (χ3v) is 3.73. The van der Waals surface area contributed by atoms with Gasteiger partial charge >= 0.3 is 5.97 Å². The molecule has 0 fully saturated rings. The molecule has 4 rings (SSSR count). The number of furan rings is 1. The van der Waals surface area contributed by atoms with Crippen molar-refractivity contribution in [3.63, 3.8) is 0 Å². The molecule has 130 valence electrons. The lowest BCUT2D eigenvalue weighted by Gasteiger charge is -1.97. The average molecular weight is 350 g/mol. The zero-order chi connectivity index (χ0) is 17.9. The Bertz CT molecular complexity index is 1010. The minimum absolute atomic E-state index is 0.0306. The lowest BCUT2D eigenvalue weighted by molar-refractivity contribution is 0.0452. The highest BCUT2D eigenvalue weighted by molar-refractivity contribution is 5.88. The maximum Gasteiger partial charge on any atom is 0.360 e. The summed E-state index contributed by atoms with van der Waals surface area (Å²) in [7, 11) is 0. The van der Waals surface area contributed by atoms with Gasteiger partial charge in [-0.2, -0.15) is 0 Å². The smallest absolute Gasteiger partial charge is 0.360 e. The van der Waals surface area contributed by atoms with E-state index >= 15 is 0 Å². The highest BCUT2D eigenvalue weighted by atomic mass is 16.5. The molecule has 7 heteroatoms. The molecule has 0 atom stereocenters. The molecule has 7 nitrogen and oxygen atoms in total. The van der Waals surface area contributed by atoms with Crippen LogP contribution < -0.4 is 0 Å². The number of esters is 1. The van der Waals surface area contributed by atoms with Crippen molar-refractivity contribution in [1.29, 1.82) is 0 Å². The molecule has 0 aliphatic heterocycles. The van der Waals surface area contributed by atoms with E-state index < -0.39 is 5.97 Å². The number of aryl methyl sites for hydroxylation is 1. The fourth-order valence-electron chi connectivity index (χ4n) is 2.35. The summed E-state index contributed by atoms with van der Waals surface area (Å²) in [6.07, 6.45) is 1.51. The molecule has 0 saturated heterocycles. The Hall–Kier alpha value is -3.61. The monoisotopic (exact) mass is 350 g/mol. The van der Waals surface area contributed by atoms with Crippen LogP contribution in [-0.2, 0) is 11.3 Å². The normalized spacial score (nSPS) is 10.8. The van der Waals surface area contributed by atoms with E-state index in [4.69, 9.17) is 18.2 Å². The fraction of sp³-hybridized carbons (Fsp3) is 0.105. The van der Waals surface area contributed by atoms with Crippen LogP contribution in [0.15, 0.2) is 68.3 Å². The van der Waals surface area contributed by atoms with Gasteiger partial charge in [-0.15, -0.1) is 0 Å². The lowest BCUT2D eigenvalue weighted by Crippen LogP contribution is -2.05. The van der Waals surface area contributed by atoms with E-state index in [1.54, 1.807) is 18.2 Å². The molecular formula is C19H14N2O5. The van der Waals surface area contributed by atoms with Crippen LogP contribution in [0.2, 0.25) is 0 Å². The van der Waals surface area contributed by atoms with Crippen molar-refractivity contribution in [2.45, 2.75) is 13.5 Å². The molecule has 0 N–H and O–H groups in total. The van der Waals surface area contributed by atoms with E-state index in [2.05, 4.69) is 10.3 Å². The molecule has 0 radical (unpaired) electrons. The minimum Gasteiger partial charge on any atom is -0.461 e. The van der Waals surface area contributed by atoms with Crippen LogP contribution in [-0.4, -0.2) is 16.3 Å². The Morgan fingerprint density at radius 2 is 1.81 bits per heavy atom. The van der Waals surface area contributed by atoms with Gasteiger partial charge in [0.05, 0.1) is 6.26 Å². The van der Waals surface area contributed by atoms with E-state index in [0.717, 1.165) is 11.1 Å². The molecule has 0 aliphatic rings. The first-order chi connectivity index (χ1) is 12.7. The SMILES string of the molecule is Cc1ccc(-c2cc(COC(=O)c3cc(-c4ccco4)on3)no2)cc1. The first-order valence-electron chi connectivity index (χ1n) is 7.89. The van der Waals surface area contributed by atoms with Crippen LogP contribution in [0.4, 0.5) is 0 Å². The molecule has 1 aromatic carbocycles. The number of aromatic nitrogens is 2. The number of nitrogens with zero attached hydrogens (tertiary/aromatic N) is 2. The Morgan fingerprint density at radius 3 is 2.58 bits per heavy atom. The van der Waals surface area contributed by atoms with Crippen molar-refractivity contribution in [2.24, 2.45) is 0 Å². The Balaban J connectivity index is 1.40. The standard InChI is InChI=1S/C19H14N2O5/c1-12-4-6-13(7-5-12)17-9-14(20-25-17)11-24-19(22)15-10-18(26-21-15)16-3-2-8-23-16/h2-10H,11H2,1H3. The van der Waals surface area contributed by atoms with Crippen LogP contribution in [0.25, 0.3) is 22.8 Å². The van der Waals surface area contributed by atoms with E-state index in [1.807, 2.05) is 31.2 Å². The number of carbonyl (C=O) groups is 1. The molecule has 4 aromatic rings. The zero-order valence-electron chi connectivity index (χ0n) is 13.8. The van der Waals surface area contributed by atoms with Crippen molar-refractivity contribution in [2.75, 3.05) is 0 Å². The molecule has 26 heavy (non-hydrogen) atoms. The molecule has 3 heterocycles. The van der Waals surface area contributed by atoms with Crippen LogP contribution >= 0.6 is 0 Å². The fourth-order valence-corrected chi connectivity index (χ4v) is 2.35. The second-order valence-electron chi connectivity index (χ2n) is 5.68. The summed E-state index contributed by atoms with van der Waals surface area (Å²) >= 11 is 0. The number of benzene rings is 1. The zero-order valence-corrected chi connectivity index (χ0v) is 13.8. The van der Waals surface area contributed by atoms with E-state index in [-0.39, 0.29) is 12.3 Å².